The molecule has 7 nitrogen and oxygen atoms in total. The number of carbonyl (C=O) groups excluding carboxylic acids is 1. The molecule has 0 atom stereocenters. The van der Waals surface area contributed by atoms with E-state index in [1.807, 2.05) is 44.2 Å². The van der Waals surface area contributed by atoms with Crippen LogP contribution in [0, 0.1) is 24.0 Å². The highest BCUT2D eigenvalue weighted by atomic mass is 16.6. The average Bonchev–Trinajstić information content (AvgIpc) is 3.04. The summed E-state index contributed by atoms with van der Waals surface area (Å²) in [6, 6.07) is 15.8. The lowest BCUT2D eigenvalue weighted by Gasteiger charge is -2.11. The van der Waals surface area contributed by atoms with Crippen LogP contribution >= 0.6 is 0 Å². The third kappa shape index (κ3) is 4.68. The van der Waals surface area contributed by atoms with Crippen LogP contribution in [0.4, 0.5) is 5.69 Å². The van der Waals surface area contributed by atoms with E-state index in [2.05, 4.69) is 4.57 Å². The van der Waals surface area contributed by atoms with Crippen molar-refractivity contribution in [3.63, 3.8) is 0 Å². The minimum absolute atomic E-state index is 0.0872. The van der Waals surface area contributed by atoms with Gasteiger partial charge in [-0.1, -0.05) is 24.3 Å². The number of aryl methyl sites for hydroxylation is 2. The molecular weight excluding hydrogens is 384 g/mol. The van der Waals surface area contributed by atoms with Crippen molar-refractivity contribution in [1.29, 1.82) is 0 Å². The Morgan fingerprint density at radius 1 is 1.10 bits per heavy atom. The second kappa shape index (κ2) is 9.26. The Balaban J connectivity index is 1.68. The summed E-state index contributed by atoms with van der Waals surface area (Å²) in [7, 11) is 1.64. The molecule has 7 heteroatoms. The number of ether oxygens (including phenoxy) is 2. The van der Waals surface area contributed by atoms with Crippen LogP contribution in [0.15, 0.2) is 54.6 Å². The minimum atomic E-state index is -0.523. The van der Waals surface area contributed by atoms with Crippen molar-refractivity contribution in [2.24, 2.45) is 0 Å². The molecule has 0 saturated carbocycles. The van der Waals surface area contributed by atoms with E-state index in [0.29, 0.717) is 5.56 Å². The van der Waals surface area contributed by atoms with Crippen LogP contribution in [-0.4, -0.2) is 29.0 Å². The predicted octanol–water partition coefficient (Wildman–Crippen LogP) is 4.53. The first kappa shape index (κ1) is 21.1. The second-order valence-corrected chi connectivity index (χ2v) is 6.97. The summed E-state index contributed by atoms with van der Waals surface area (Å²) >= 11 is 0. The van der Waals surface area contributed by atoms with Crippen molar-refractivity contribution < 1.29 is 19.2 Å². The summed E-state index contributed by atoms with van der Waals surface area (Å²) in [4.78, 5) is 23.3. The largest absolute Gasteiger partial charge is 0.497 e. The minimum Gasteiger partial charge on any atom is -0.497 e. The van der Waals surface area contributed by atoms with Gasteiger partial charge in [-0.05, 0) is 50.1 Å². The number of rotatable bonds is 9. The highest BCUT2D eigenvalue weighted by Crippen LogP contribution is 2.26. The van der Waals surface area contributed by atoms with E-state index in [1.54, 1.807) is 19.2 Å². The Kier molecular flexibility index (Phi) is 6.51. The summed E-state index contributed by atoms with van der Waals surface area (Å²) in [5.74, 6) is 0.694. The maximum absolute atomic E-state index is 12.7. The normalized spacial score (nSPS) is 10.6. The fourth-order valence-electron chi connectivity index (χ4n) is 3.41. The Labute approximate surface area is 175 Å². The van der Waals surface area contributed by atoms with Gasteiger partial charge in [0.1, 0.15) is 5.75 Å². The molecule has 0 aliphatic heterocycles. The fraction of sp³-hybridized carbons (Fsp3) is 0.261. The second-order valence-electron chi connectivity index (χ2n) is 6.97. The van der Waals surface area contributed by atoms with Gasteiger partial charge in [-0.3, -0.25) is 14.9 Å². The average molecular weight is 408 g/mol. The van der Waals surface area contributed by atoms with Gasteiger partial charge in [0, 0.05) is 29.6 Å². The molecule has 3 rings (SSSR count). The Morgan fingerprint density at radius 2 is 1.80 bits per heavy atom. The predicted molar refractivity (Wildman–Crippen MR) is 114 cm³/mol. The van der Waals surface area contributed by atoms with Gasteiger partial charge in [0.2, 0.25) is 5.78 Å². The van der Waals surface area contributed by atoms with E-state index in [1.165, 1.54) is 17.7 Å². The molecule has 0 spiro atoms. The van der Waals surface area contributed by atoms with Gasteiger partial charge >= 0.3 is 5.69 Å². The molecule has 0 unspecified atom stereocenters. The number of methoxy groups -OCH3 is 1. The summed E-state index contributed by atoms with van der Waals surface area (Å²) in [5, 5.41) is 11.1. The SMILES string of the molecule is COc1ccc(CCn2c(C)cc(C(=O)COc3ccccc3[N+](=O)[O-])c2C)cc1. The van der Waals surface area contributed by atoms with Gasteiger partial charge < -0.3 is 14.0 Å². The Bertz CT molecular complexity index is 1050. The fourth-order valence-corrected chi connectivity index (χ4v) is 3.41. The molecule has 156 valence electrons. The molecule has 0 aliphatic rings. The first-order valence-electron chi connectivity index (χ1n) is 9.59. The topological polar surface area (TPSA) is 83.6 Å². The molecule has 0 amide bonds. The van der Waals surface area contributed by atoms with Gasteiger partial charge in [-0.25, -0.2) is 0 Å². The number of nitro benzene ring substituents is 1. The van der Waals surface area contributed by atoms with E-state index in [4.69, 9.17) is 9.47 Å². The lowest BCUT2D eigenvalue weighted by molar-refractivity contribution is -0.385. The van der Waals surface area contributed by atoms with Gasteiger partial charge in [0.25, 0.3) is 0 Å². The van der Waals surface area contributed by atoms with Crippen LogP contribution in [0.5, 0.6) is 11.5 Å². The molecule has 0 aliphatic carbocycles. The lowest BCUT2D eigenvalue weighted by Crippen LogP contribution is -2.14. The Hall–Kier alpha value is -3.61. The molecular formula is C23H24N2O5. The molecule has 0 bridgehead atoms. The molecule has 0 saturated heterocycles. The van der Waals surface area contributed by atoms with Crippen molar-refractivity contribution in [3.8, 4) is 11.5 Å². The zero-order valence-corrected chi connectivity index (χ0v) is 17.3. The van der Waals surface area contributed by atoms with Gasteiger partial charge in [-0.2, -0.15) is 0 Å². The summed E-state index contributed by atoms with van der Waals surface area (Å²) < 4.78 is 12.7. The van der Waals surface area contributed by atoms with E-state index >= 15 is 0 Å². The number of hydrogen-bond acceptors (Lipinski definition) is 5. The molecule has 2 aromatic carbocycles. The van der Waals surface area contributed by atoms with Crippen LogP contribution in [0.25, 0.3) is 0 Å². The summed E-state index contributed by atoms with van der Waals surface area (Å²) in [6.45, 7) is 4.34. The summed E-state index contributed by atoms with van der Waals surface area (Å²) in [6.07, 6.45) is 0.820. The molecule has 30 heavy (non-hydrogen) atoms. The van der Waals surface area contributed by atoms with E-state index in [-0.39, 0.29) is 23.8 Å². The molecule has 1 heterocycles. The van der Waals surface area contributed by atoms with Crippen LogP contribution in [0.3, 0.4) is 0 Å². The Morgan fingerprint density at radius 3 is 2.47 bits per heavy atom. The van der Waals surface area contributed by atoms with Gasteiger partial charge in [0.15, 0.2) is 12.4 Å². The molecule has 0 N–H and O–H groups in total. The van der Waals surface area contributed by atoms with Crippen LogP contribution in [0.2, 0.25) is 0 Å². The molecule has 1 aromatic heterocycles. The number of nitrogens with zero attached hydrogens (tertiary/aromatic N) is 2. The number of para-hydroxylation sites is 2. The van der Waals surface area contributed by atoms with Gasteiger partial charge in [0.05, 0.1) is 12.0 Å². The molecule has 0 radical (unpaired) electrons. The smallest absolute Gasteiger partial charge is 0.310 e. The lowest BCUT2D eigenvalue weighted by atomic mass is 10.1. The zero-order valence-electron chi connectivity index (χ0n) is 17.3. The maximum atomic E-state index is 12.7. The number of benzene rings is 2. The molecule has 3 aromatic rings. The quantitative estimate of drug-likeness (QED) is 0.295. The van der Waals surface area contributed by atoms with Crippen molar-refractivity contribution in [3.05, 3.63) is 87.2 Å². The highest BCUT2D eigenvalue weighted by Gasteiger charge is 2.19. The van der Waals surface area contributed by atoms with Crippen molar-refractivity contribution >= 4 is 11.5 Å². The maximum Gasteiger partial charge on any atom is 0.310 e. The molecule has 0 fully saturated rings. The third-order valence-electron chi connectivity index (χ3n) is 5.08. The standard InChI is InChI=1S/C23H24N2O5/c1-16-14-20(22(26)15-30-23-7-5-4-6-21(23)25(27)28)17(2)24(16)13-12-18-8-10-19(29-3)11-9-18/h4-11,14H,12-13,15H2,1-3H3. The van der Waals surface area contributed by atoms with E-state index in [9.17, 15) is 14.9 Å². The van der Waals surface area contributed by atoms with Crippen molar-refractivity contribution in [2.45, 2.75) is 26.8 Å². The third-order valence-corrected chi connectivity index (χ3v) is 5.08. The highest BCUT2D eigenvalue weighted by molar-refractivity contribution is 5.98. The van der Waals surface area contributed by atoms with Crippen molar-refractivity contribution in [2.75, 3.05) is 13.7 Å². The summed E-state index contributed by atoms with van der Waals surface area (Å²) in [5.41, 5.74) is 3.43. The zero-order chi connectivity index (χ0) is 21.7. The van der Waals surface area contributed by atoms with Crippen LogP contribution < -0.4 is 9.47 Å². The number of hydrogen-bond donors (Lipinski definition) is 0. The number of carbonyl (C=O) groups is 1. The number of nitro groups is 1. The number of ketones is 1. The number of Topliss-reactive ketones (excluding diaryl/α,β-unsaturated/α-hetero) is 1. The van der Waals surface area contributed by atoms with Crippen molar-refractivity contribution in [1.82, 2.24) is 4.57 Å². The van der Waals surface area contributed by atoms with Crippen LogP contribution in [0.1, 0.15) is 27.3 Å². The van der Waals surface area contributed by atoms with E-state index < -0.39 is 4.92 Å². The van der Waals surface area contributed by atoms with Crippen LogP contribution in [-0.2, 0) is 13.0 Å². The van der Waals surface area contributed by atoms with Gasteiger partial charge in [-0.15, -0.1) is 0 Å². The first-order chi connectivity index (χ1) is 14.4. The first-order valence-corrected chi connectivity index (χ1v) is 9.59. The van der Waals surface area contributed by atoms with E-state index in [0.717, 1.165) is 30.1 Å². The number of aromatic nitrogens is 1. The monoisotopic (exact) mass is 408 g/mol.